The Labute approximate surface area is 339 Å². The highest BCUT2D eigenvalue weighted by molar-refractivity contribution is 14.1. The minimum absolute atomic E-state index is 0.0560. The van der Waals surface area contributed by atoms with E-state index in [4.69, 9.17) is 56.5 Å². The summed E-state index contributed by atoms with van der Waals surface area (Å²) in [5, 5.41) is 2.48. The number of hydrogen-bond acceptors (Lipinski definition) is 12. The van der Waals surface area contributed by atoms with Gasteiger partial charge >= 0.3 is 0 Å². The lowest BCUT2D eigenvalue weighted by Gasteiger charge is -2.43. The number of halogens is 1. The average Bonchev–Trinajstić information content (AvgIpc) is 3.18. The van der Waals surface area contributed by atoms with E-state index in [2.05, 4.69) is 104 Å². The van der Waals surface area contributed by atoms with Crippen molar-refractivity contribution >= 4 is 41.3 Å². The lowest BCUT2D eigenvalue weighted by molar-refractivity contribution is -0.0276. The van der Waals surface area contributed by atoms with Crippen molar-refractivity contribution in [2.75, 3.05) is 156 Å². The SMILES string of the molecule is CC(C)(C)[Si](OCCOCCOCCOCCOCCOCCOCCOCCOCCOCCOCCOCCI)(c1ccccc1)c1ccccc1. The third-order valence-electron chi connectivity index (χ3n) is 7.90. The fraction of sp³-hybridized carbons (Fsp3) is 0.700. The summed E-state index contributed by atoms with van der Waals surface area (Å²) in [5.41, 5.74) is 0. The molecule has 2 aromatic carbocycles. The molecule has 310 valence electrons. The van der Waals surface area contributed by atoms with Gasteiger partial charge in [0.05, 0.1) is 152 Å². The van der Waals surface area contributed by atoms with E-state index >= 15 is 0 Å². The highest BCUT2D eigenvalue weighted by Gasteiger charge is 2.50. The first-order valence-corrected chi connectivity index (χ1v) is 22.6. The summed E-state index contributed by atoms with van der Waals surface area (Å²) in [6.07, 6.45) is 0. The van der Waals surface area contributed by atoms with Crippen LogP contribution in [0.1, 0.15) is 20.8 Å². The smallest absolute Gasteiger partial charge is 0.261 e. The van der Waals surface area contributed by atoms with Crippen LogP contribution in [0.25, 0.3) is 0 Å². The zero-order chi connectivity index (χ0) is 38.7. The molecule has 0 unspecified atom stereocenters. The predicted octanol–water partition coefficient (Wildman–Crippen LogP) is 4.18. The van der Waals surface area contributed by atoms with E-state index in [0.29, 0.717) is 145 Å². The predicted molar refractivity (Wildman–Crippen MR) is 221 cm³/mol. The van der Waals surface area contributed by atoms with Crippen LogP contribution in [0.4, 0.5) is 0 Å². The highest BCUT2D eigenvalue weighted by atomic mass is 127. The lowest BCUT2D eigenvalue weighted by atomic mass is 10.2. The Morgan fingerprint density at radius 3 is 0.796 bits per heavy atom. The number of hydrogen-bond donors (Lipinski definition) is 0. The fourth-order valence-corrected chi connectivity index (χ4v) is 10.2. The van der Waals surface area contributed by atoms with Crippen LogP contribution in [-0.2, 0) is 56.5 Å². The van der Waals surface area contributed by atoms with Crippen LogP contribution in [0.2, 0.25) is 5.04 Å². The molecule has 0 saturated carbocycles. The van der Waals surface area contributed by atoms with E-state index in [1.54, 1.807) is 0 Å². The van der Waals surface area contributed by atoms with Crippen molar-refractivity contribution in [1.29, 1.82) is 0 Å². The van der Waals surface area contributed by atoms with Crippen LogP contribution in [0, 0.1) is 0 Å². The molecule has 0 aliphatic rings. The normalized spacial score (nSPS) is 12.1. The van der Waals surface area contributed by atoms with Crippen LogP contribution in [0.15, 0.2) is 60.7 Å². The van der Waals surface area contributed by atoms with Crippen molar-refractivity contribution in [2.24, 2.45) is 0 Å². The molecule has 0 aliphatic carbocycles. The standard InChI is InChI=1S/C40H67IO12Si/c1-40(2,3)54(38-10-6-4-7-11-38,39-12-8-5-9-13-39)53-37-36-52-35-34-51-33-32-50-31-30-49-29-28-48-27-26-47-25-24-46-23-22-45-21-20-44-19-18-43-17-16-42-15-14-41/h4-13H,14-37H2,1-3H3. The molecule has 54 heavy (non-hydrogen) atoms. The van der Waals surface area contributed by atoms with Gasteiger partial charge in [0, 0.05) is 4.43 Å². The molecule has 0 bridgehead atoms. The first-order valence-electron chi connectivity index (χ1n) is 19.2. The maximum Gasteiger partial charge on any atom is 0.261 e. The zero-order valence-corrected chi connectivity index (χ0v) is 36.2. The van der Waals surface area contributed by atoms with Gasteiger partial charge in [0.25, 0.3) is 8.32 Å². The van der Waals surface area contributed by atoms with E-state index in [-0.39, 0.29) is 5.04 Å². The van der Waals surface area contributed by atoms with Crippen LogP contribution >= 0.6 is 22.6 Å². The fourth-order valence-electron chi connectivity index (χ4n) is 5.37. The third kappa shape index (κ3) is 23.2. The second-order valence-corrected chi connectivity index (χ2v) is 18.3. The Morgan fingerprint density at radius 2 is 0.574 bits per heavy atom. The Morgan fingerprint density at radius 1 is 0.352 bits per heavy atom. The van der Waals surface area contributed by atoms with E-state index in [9.17, 15) is 0 Å². The van der Waals surface area contributed by atoms with Crippen LogP contribution < -0.4 is 10.4 Å². The van der Waals surface area contributed by atoms with Gasteiger partial charge in [-0.2, -0.15) is 0 Å². The molecule has 0 radical (unpaired) electrons. The van der Waals surface area contributed by atoms with Crippen molar-refractivity contribution in [2.45, 2.75) is 25.8 Å². The molecule has 0 spiro atoms. The molecule has 0 amide bonds. The van der Waals surface area contributed by atoms with Crippen LogP contribution in [-0.4, -0.2) is 165 Å². The van der Waals surface area contributed by atoms with Gasteiger partial charge in [-0.05, 0) is 15.4 Å². The first-order chi connectivity index (χ1) is 26.5. The van der Waals surface area contributed by atoms with Gasteiger partial charge in [0.15, 0.2) is 0 Å². The average molecular weight is 895 g/mol. The van der Waals surface area contributed by atoms with Crippen molar-refractivity contribution in [3.8, 4) is 0 Å². The van der Waals surface area contributed by atoms with E-state index in [1.165, 1.54) is 10.4 Å². The van der Waals surface area contributed by atoms with Gasteiger partial charge < -0.3 is 56.5 Å². The molecule has 0 atom stereocenters. The van der Waals surface area contributed by atoms with Crippen molar-refractivity contribution in [1.82, 2.24) is 0 Å². The molecule has 0 aliphatic heterocycles. The van der Waals surface area contributed by atoms with Gasteiger partial charge in [-0.25, -0.2) is 0 Å². The zero-order valence-electron chi connectivity index (χ0n) is 33.0. The molecule has 14 heteroatoms. The topological polar surface area (TPSA) is 111 Å². The summed E-state index contributed by atoms with van der Waals surface area (Å²) in [4.78, 5) is 0. The van der Waals surface area contributed by atoms with Gasteiger partial charge in [0.2, 0.25) is 0 Å². The van der Waals surface area contributed by atoms with Gasteiger partial charge in [-0.1, -0.05) is 104 Å². The van der Waals surface area contributed by atoms with Gasteiger partial charge in [0.1, 0.15) is 0 Å². The minimum atomic E-state index is -2.54. The quantitative estimate of drug-likeness (QED) is 0.0418. The van der Waals surface area contributed by atoms with E-state index < -0.39 is 8.32 Å². The van der Waals surface area contributed by atoms with Crippen molar-refractivity contribution in [3.05, 3.63) is 60.7 Å². The molecule has 2 aromatic rings. The highest BCUT2D eigenvalue weighted by Crippen LogP contribution is 2.36. The van der Waals surface area contributed by atoms with Crippen molar-refractivity contribution in [3.63, 3.8) is 0 Å². The lowest BCUT2D eigenvalue weighted by Crippen LogP contribution is -2.66. The third-order valence-corrected chi connectivity index (χ3v) is 13.4. The number of benzene rings is 2. The molecular weight excluding hydrogens is 827 g/mol. The number of alkyl halides is 1. The maximum absolute atomic E-state index is 6.85. The van der Waals surface area contributed by atoms with Crippen molar-refractivity contribution < 1.29 is 56.5 Å². The monoisotopic (exact) mass is 894 g/mol. The number of rotatable bonds is 38. The van der Waals surface area contributed by atoms with Gasteiger partial charge in [-0.3, -0.25) is 0 Å². The number of ether oxygens (including phenoxy) is 11. The van der Waals surface area contributed by atoms with Crippen LogP contribution in [0.5, 0.6) is 0 Å². The molecule has 0 N–H and O–H groups in total. The molecule has 0 heterocycles. The van der Waals surface area contributed by atoms with Gasteiger partial charge in [-0.15, -0.1) is 0 Å². The first kappa shape index (κ1) is 49.1. The van der Waals surface area contributed by atoms with E-state index in [1.807, 2.05) is 0 Å². The maximum atomic E-state index is 6.85. The minimum Gasteiger partial charge on any atom is -0.405 e. The molecule has 0 saturated heterocycles. The molecule has 0 fully saturated rings. The summed E-state index contributed by atoms with van der Waals surface area (Å²) in [6.45, 7) is 19.2. The largest absolute Gasteiger partial charge is 0.405 e. The van der Waals surface area contributed by atoms with Crippen LogP contribution in [0.3, 0.4) is 0 Å². The summed E-state index contributed by atoms with van der Waals surface area (Å²) in [5.74, 6) is 0. The molecule has 12 nitrogen and oxygen atoms in total. The Balaban J connectivity index is 1.30. The summed E-state index contributed by atoms with van der Waals surface area (Å²) in [6, 6.07) is 21.3. The molecule has 2 rings (SSSR count). The second kappa shape index (κ2) is 34.0. The Bertz CT molecular complexity index is 1040. The Kier molecular flexibility index (Phi) is 30.9. The summed E-state index contributed by atoms with van der Waals surface area (Å²) < 4.78 is 68.7. The second-order valence-electron chi connectivity index (χ2n) is 12.9. The summed E-state index contributed by atoms with van der Waals surface area (Å²) >= 11 is 2.28. The molecule has 0 aromatic heterocycles. The molecular formula is C40H67IO12Si. The Hall–Kier alpha value is -1.09. The summed E-state index contributed by atoms with van der Waals surface area (Å²) in [7, 11) is -2.54. The van der Waals surface area contributed by atoms with E-state index in [0.717, 1.165) is 11.0 Å².